The molecule has 1 atom stereocenters. The predicted octanol–water partition coefficient (Wildman–Crippen LogP) is 5.64. The number of methoxy groups -OCH3 is 1. The van der Waals surface area contributed by atoms with Crippen LogP contribution >= 0.6 is 11.6 Å². The molecule has 1 rings (SSSR count). The van der Waals surface area contributed by atoms with Gasteiger partial charge in [-0.05, 0) is 19.4 Å². The lowest BCUT2D eigenvalue weighted by Gasteiger charge is -2.14. The van der Waals surface area contributed by atoms with Gasteiger partial charge in [-0.15, -0.1) is 11.6 Å². The van der Waals surface area contributed by atoms with E-state index < -0.39 is 0 Å². The third-order valence-electron chi connectivity index (χ3n) is 3.28. The van der Waals surface area contributed by atoms with Crippen molar-refractivity contribution in [2.45, 2.75) is 57.7 Å². The van der Waals surface area contributed by atoms with Crippen LogP contribution in [0, 0.1) is 6.92 Å². The fourth-order valence-corrected chi connectivity index (χ4v) is 2.51. The number of aryl methyl sites for hydroxylation is 1. The first-order valence-electron chi connectivity index (χ1n) is 6.97. The summed E-state index contributed by atoms with van der Waals surface area (Å²) in [5.74, 6) is 0.911. The molecule has 18 heavy (non-hydrogen) atoms. The van der Waals surface area contributed by atoms with Crippen LogP contribution in [-0.4, -0.2) is 7.11 Å². The average molecular weight is 269 g/mol. The third-order valence-corrected chi connectivity index (χ3v) is 3.74. The van der Waals surface area contributed by atoms with E-state index >= 15 is 0 Å². The fourth-order valence-electron chi connectivity index (χ4n) is 2.18. The van der Waals surface area contributed by atoms with E-state index in [1.54, 1.807) is 7.11 Å². The molecule has 0 N–H and O–H groups in total. The quantitative estimate of drug-likeness (QED) is 0.438. The summed E-state index contributed by atoms with van der Waals surface area (Å²) in [4.78, 5) is 0. The molecular weight excluding hydrogens is 244 g/mol. The lowest BCUT2D eigenvalue weighted by molar-refractivity contribution is 0.408. The minimum absolute atomic E-state index is 0.0708. The molecule has 1 unspecified atom stereocenters. The molecule has 1 nitrogen and oxygen atoms in total. The van der Waals surface area contributed by atoms with Gasteiger partial charge >= 0.3 is 0 Å². The molecule has 0 aliphatic heterocycles. The zero-order chi connectivity index (χ0) is 13.4. The highest BCUT2D eigenvalue weighted by molar-refractivity contribution is 6.21. The summed E-state index contributed by atoms with van der Waals surface area (Å²) in [6.07, 6.45) is 7.46. The van der Waals surface area contributed by atoms with Gasteiger partial charge in [0, 0.05) is 5.56 Å². The Kier molecular flexibility index (Phi) is 7.19. The van der Waals surface area contributed by atoms with E-state index in [0.717, 1.165) is 17.7 Å². The topological polar surface area (TPSA) is 9.23 Å². The van der Waals surface area contributed by atoms with Crippen molar-refractivity contribution in [3.05, 3.63) is 29.3 Å². The molecule has 0 bridgehead atoms. The summed E-state index contributed by atoms with van der Waals surface area (Å²) in [6.45, 7) is 4.33. The van der Waals surface area contributed by atoms with E-state index in [2.05, 4.69) is 26.0 Å². The van der Waals surface area contributed by atoms with Gasteiger partial charge in [0.15, 0.2) is 0 Å². The average Bonchev–Trinajstić information content (AvgIpc) is 2.38. The maximum Gasteiger partial charge on any atom is 0.123 e. The second-order valence-electron chi connectivity index (χ2n) is 4.92. The van der Waals surface area contributed by atoms with E-state index in [1.165, 1.54) is 37.7 Å². The largest absolute Gasteiger partial charge is 0.496 e. The van der Waals surface area contributed by atoms with E-state index in [0.29, 0.717) is 0 Å². The first kappa shape index (κ1) is 15.4. The molecule has 2 heteroatoms. The van der Waals surface area contributed by atoms with Gasteiger partial charge < -0.3 is 4.74 Å². The smallest absolute Gasteiger partial charge is 0.123 e. The van der Waals surface area contributed by atoms with Gasteiger partial charge in [0.05, 0.1) is 12.5 Å². The normalized spacial score (nSPS) is 12.4. The Labute approximate surface area is 116 Å². The SMILES string of the molecule is CCCCCCCC(Cl)c1cc(C)ccc1OC. The summed E-state index contributed by atoms with van der Waals surface area (Å²) in [6, 6.07) is 6.22. The molecule has 0 aliphatic rings. The Morgan fingerprint density at radius 2 is 1.89 bits per heavy atom. The van der Waals surface area contributed by atoms with Crippen molar-refractivity contribution < 1.29 is 4.74 Å². The molecule has 0 saturated heterocycles. The number of hydrogen-bond acceptors (Lipinski definition) is 1. The van der Waals surface area contributed by atoms with Crippen molar-refractivity contribution in [1.82, 2.24) is 0 Å². The van der Waals surface area contributed by atoms with Gasteiger partial charge in [0.2, 0.25) is 0 Å². The minimum atomic E-state index is 0.0708. The van der Waals surface area contributed by atoms with Gasteiger partial charge in [-0.25, -0.2) is 0 Å². The van der Waals surface area contributed by atoms with Gasteiger partial charge in [0.25, 0.3) is 0 Å². The van der Waals surface area contributed by atoms with Crippen LogP contribution in [0.15, 0.2) is 18.2 Å². The van der Waals surface area contributed by atoms with Crippen LogP contribution in [0.1, 0.15) is 62.0 Å². The monoisotopic (exact) mass is 268 g/mol. The number of halogens is 1. The molecule has 0 amide bonds. The summed E-state index contributed by atoms with van der Waals surface area (Å²) in [5.41, 5.74) is 2.37. The van der Waals surface area contributed by atoms with Crippen LogP contribution in [0.4, 0.5) is 0 Å². The summed E-state index contributed by atoms with van der Waals surface area (Å²) in [5, 5.41) is 0.0708. The Morgan fingerprint density at radius 3 is 2.56 bits per heavy atom. The van der Waals surface area contributed by atoms with Crippen LogP contribution in [0.3, 0.4) is 0 Å². The van der Waals surface area contributed by atoms with Crippen LogP contribution in [0.25, 0.3) is 0 Å². The molecule has 1 aromatic rings. The summed E-state index contributed by atoms with van der Waals surface area (Å²) >= 11 is 6.49. The number of ether oxygens (including phenoxy) is 1. The molecule has 0 heterocycles. The van der Waals surface area contributed by atoms with Crippen LogP contribution in [0.5, 0.6) is 5.75 Å². The zero-order valence-corrected chi connectivity index (χ0v) is 12.6. The van der Waals surface area contributed by atoms with Gasteiger partial charge in [-0.1, -0.05) is 56.7 Å². The van der Waals surface area contributed by atoms with Crippen molar-refractivity contribution in [3.63, 3.8) is 0 Å². The Morgan fingerprint density at radius 1 is 1.17 bits per heavy atom. The Balaban J connectivity index is 2.49. The molecule has 0 saturated carbocycles. The Hall–Kier alpha value is -0.690. The number of alkyl halides is 1. The van der Waals surface area contributed by atoms with Crippen molar-refractivity contribution >= 4 is 11.6 Å². The second kappa shape index (κ2) is 8.42. The molecule has 0 aromatic heterocycles. The van der Waals surface area contributed by atoms with Gasteiger partial charge in [-0.3, -0.25) is 0 Å². The lowest BCUT2D eigenvalue weighted by atomic mass is 10.0. The molecule has 0 fully saturated rings. The molecule has 0 radical (unpaired) electrons. The minimum Gasteiger partial charge on any atom is -0.496 e. The van der Waals surface area contributed by atoms with Crippen LogP contribution < -0.4 is 4.74 Å². The van der Waals surface area contributed by atoms with E-state index in [9.17, 15) is 0 Å². The molecule has 102 valence electrons. The molecule has 0 spiro atoms. The highest BCUT2D eigenvalue weighted by atomic mass is 35.5. The number of hydrogen-bond donors (Lipinski definition) is 0. The van der Waals surface area contributed by atoms with Gasteiger partial charge in [-0.2, -0.15) is 0 Å². The zero-order valence-electron chi connectivity index (χ0n) is 11.8. The Bertz CT molecular complexity index is 349. The highest BCUT2D eigenvalue weighted by Gasteiger charge is 2.13. The molecular formula is C16H25ClO. The highest BCUT2D eigenvalue weighted by Crippen LogP contribution is 2.34. The second-order valence-corrected chi connectivity index (χ2v) is 5.44. The van der Waals surface area contributed by atoms with Crippen LogP contribution in [-0.2, 0) is 0 Å². The first-order valence-corrected chi connectivity index (χ1v) is 7.41. The van der Waals surface area contributed by atoms with Crippen molar-refractivity contribution in [2.24, 2.45) is 0 Å². The summed E-state index contributed by atoms with van der Waals surface area (Å²) < 4.78 is 5.38. The van der Waals surface area contributed by atoms with Crippen LogP contribution in [0.2, 0.25) is 0 Å². The van der Waals surface area contributed by atoms with Gasteiger partial charge in [0.1, 0.15) is 5.75 Å². The van der Waals surface area contributed by atoms with E-state index in [1.807, 2.05) is 6.07 Å². The fraction of sp³-hybridized carbons (Fsp3) is 0.625. The van der Waals surface area contributed by atoms with E-state index in [-0.39, 0.29) is 5.38 Å². The maximum atomic E-state index is 6.49. The van der Waals surface area contributed by atoms with Crippen molar-refractivity contribution in [1.29, 1.82) is 0 Å². The predicted molar refractivity (Wildman–Crippen MR) is 79.7 cm³/mol. The lowest BCUT2D eigenvalue weighted by Crippen LogP contribution is -1.97. The van der Waals surface area contributed by atoms with E-state index in [4.69, 9.17) is 16.3 Å². The number of benzene rings is 1. The third kappa shape index (κ3) is 4.89. The van der Waals surface area contributed by atoms with Crippen molar-refractivity contribution in [3.8, 4) is 5.75 Å². The molecule has 1 aromatic carbocycles. The van der Waals surface area contributed by atoms with Crippen molar-refractivity contribution in [2.75, 3.05) is 7.11 Å². The summed E-state index contributed by atoms with van der Waals surface area (Å²) in [7, 11) is 1.71. The maximum absolute atomic E-state index is 6.49. The standard InChI is InChI=1S/C16H25ClO/c1-4-5-6-7-8-9-15(17)14-12-13(2)10-11-16(14)18-3/h10-12,15H,4-9H2,1-3H3. The first-order chi connectivity index (χ1) is 8.69. The number of unbranched alkanes of at least 4 members (excludes halogenated alkanes) is 4. The molecule has 0 aliphatic carbocycles. The number of rotatable bonds is 8.